The van der Waals surface area contributed by atoms with Gasteiger partial charge in [-0.15, -0.1) is 0 Å². The van der Waals surface area contributed by atoms with Crippen LogP contribution in [0.4, 0.5) is 5.69 Å². The van der Waals surface area contributed by atoms with E-state index in [1.807, 2.05) is 13.8 Å². The number of anilines is 1. The van der Waals surface area contributed by atoms with Gasteiger partial charge in [0, 0.05) is 19.2 Å². The van der Waals surface area contributed by atoms with E-state index in [0.717, 1.165) is 16.9 Å². The van der Waals surface area contributed by atoms with Crippen molar-refractivity contribution in [1.82, 2.24) is 9.78 Å². The van der Waals surface area contributed by atoms with Crippen molar-refractivity contribution in [3.63, 3.8) is 0 Å². The summed E-state index contributed by atoms with van der Waals surface area (Å²) in [5.74, 6) is 0. The molecule has 98 valence electrons. The van der Waals surface area contributed by atoms with Crippen LogP contribution in [0.1, 0.15) is 13.8 Å². The van der Waals surface area contributed by atoms with Gasteiger partial charge < -0.3 is 14.4 Å². The second kappa shape index (κ2) is 4.89. The number of morpholine rings is 1. The van der Waals surface area contributed by atoms with Gasteiger partial charge in [0.2, 0.25) is 0 Å². The van der Waals surface area contributed by atoms with E-state index in [1.165, 1.54) is 6.07 Å². The third kappa shape index (κ3) is 2.76. The van der Waals surface area contributed by atoms with Gasteiger partial charge in [-0.3, -0.25) is 4.79 Å². The largest absolute Gasteiger partial charge is 0.372 e. The van der Waals surface area contributed by atoms with Gasteiger partial charge in [0.05, 0.1) is 24.1 Å². The summed E-state index contributed by atoms with van der Waals surface area (Å²) in [5, 5.41) is 3.98. The van der Waals surface area contributed by atoms with Crippen molar-refractivity contribution in [3.8, 4) is 0 Å². The van der Waals surface area contributed by atoms with Crippen molar-refractivity contribution < 1.29 is 9.53 Å². The number of aldehydes is 1. The molecule has 0 bridgehead atoms. The molecule has 1 aromatic rings. The van der Waals surface area contributed by atoms with E-state index >= 15 is 0 Å². The van der Waals surface area contributed by atoms with Gasteiger partial charge in [-0.1, -0.05) is 0 Å². The SMILES string of the molecule is CC1(C)CN(c2cnn(CC=O)c(=O)c2)CCO1. The number of carbonyl (C=O) groups is 1. The number of carbonyl (C=O) groups excluding carboxylic acids is 1. The van der Waals surface area contributed by atoms with Gasteiger partial charge in [0.1, 0.15) is 12.8 Å². The summed E-state index contributed by atoms with van der Waals surface area (Å²) < 4.78 is 6.76. The Labute approximate surface area is 105 Å². The molecule has 1 aliphatic heterocycles. The lowest BCUT2D eigenvalue weighted by atomic mass is 10.1. The summed E-state index contributed by atoms with van der Waals surface area (Å²) in [7, 11) is 0. The number of hydrogen-bond acceptors (Lipinski definition) is 5. The maximum absolute atomic E-state index is 11.7. The Bertz CT molecular complexity index is 496. The molecule has 1 aromatic heterocycles. The van der Waals surface area contributed by atoms with Crippen molar-refractivity contribution in [2.24, 2.45) is 0 Å². The van der Waals surface area contributed by atoms with E-state index in [9.17, 15) is 9.59 Å². The summed E-state index contributed by atoms with van der Waals surface area (Å²) in [6, 6.07) is 1.51. The van der Waals surface area contributed by atoms with E-state index in [2.05, 4.69) is 10.00 Å². The fourth-order valence-corrected chi connectivity index (χ4v) is 2.04. The van der Waals surface area contributed by atoms with Gasteiger partial charge in [-0.25, -0.2) is 4.68 Å². The third-order valence-electron chi connectivity index (χ3n) is 2.89. The molecule has 2 rings (SSSR count). The molecular formula is C12H17N3O3. The van der Waals surface area contributed by atoms with Crippen LogP contribution in [0.5, 0.6) is 0 Å². The summed E-state index contributed by atoms with van der Waals surface area (Å²) in [5.41, 5.74) is 0.290. The predicted octanol–water partition coefficient (Wildman–Crippen LogP) is 0.0574. The molecule has 6 heteroatoms. The minimum atomic E-state index is -0.260. The van der Waals surface area contributed by atoms with Crippen LogP contribution in [-0.4, -0.2) is 41.4 Å². The van der Waals surface area contributed by atoms with Gasteiger partial charge in [0.15, 0.2) is 0 Å². The zero-order valence-electron chi connectivity index (χ0n) is 10.6. The lowest BCUT2D eigenvalue weighted by Gasteiger charge is -2.39. The molecule has 0 unspecified atom stereocenters. The molecule has 0 aliphatic carbocycles. The maximum atomic E-state index is 11.7. The quantitative estimate of drug-likeness (QED) is 0.711. The molecule has 18 heavy (non-hydrogen) atoms. The summed E-state index contributed by atoms with van der Waals surface area (Å²) >= 11 is 0. The lowest BCUT2D eigenvalue weighted by molar-refractivity contribution is -0.108. The Morgan fingerprint density at radius 3 is 2.94 bits per heavy atom. The van der Waals surface area contributed by atoms with E-state index in [0.29, 0.717) is 19.4 Å². The highest BCUT2D eigenvalue weighted by molar-refractivity contribution is 5.49. The zero-order chi connectivity index (χ0) is 13.2. The molecule has 6 nitrogen and oxygen atoms in total. The van der Waals surface area contributed by atoms with Crippen LogP contribution < -0.4 is 10.5 Å². The molecule has 0 radical (unpaired) electrons. The molecule has 0 N–H and O–H groups in total. The second-order valence-electron chi connectivity index (χ2n) is 4.93. The van der Waals surface area contributed by atoms with Crippen LogP contribution in [0.2, 0.25) is 0 Å². The Morgan fingerprint density at radius 2 is 2.33 bits per heavy atom. The minimum absolute atomic E-state index is 0.00623. The maximum Gasteiger partial charge on any atom is 0.269 e. The summed E-state index contributed by atoms with van der Waals surface area (Å²) in [6.07, 6.45) is 2.28. The first-order valence-corrected chi connectivity index (χ1v) is 5.91. The number of aromatic nitrogens is 2. The van der Waals surface area contributed by atoms with Crippen LogP contribution >= 0.6 is 0 Å². The highest BCUT2D eigenvalue weighted by atomic mass is 16.5. The Hall–Kier alpha value is -1.69. The Balaban J connectivity index is 2.21. The van der Waals surface area contributed by atoms with E-state index in [4.69, 9.17) is 4.74 Å². The van der Waals surface area contributed by atoms with Crippen molar-refractivity contribution >= 4 is 12.0 Å². The third-order valence-corrected chi connectivity index (χ3v) is 2.89. The number of rotatable bonds is 3. The molecule has 0 saturated carbocycles. The smallest absolute Gasteiger partial charge is 0.269 e. The summed E-state index contributed by atoms with van der Waals surface area (Å²) in [6.45, 7) is 6.10. The molecule has 0 amide bonds. The minimum Gasteiger partial charge on any atom is -0.372 e. The van der Waals surface area contributed by atoms with Crippen molar-refractivity contribution in [2.75, 3.05) is 24.6 Å². The molecule has 0 spiro atoms. The van der Waals surface area contributed by atoms with E-state index in [1.54, 1.807) is 6.20 Å². The lowest BCUT2D eigenvalue weighted by Crippen LogP contribution is -2.48. The fourth-order valence-electron chi connectivity index (χ4n) is 2.04. The molecule has 0 atom stereocenters. The monoisotopic (exact) mass is 251 g/mol. The zero-order valence-corrected chi connectivity index (χ0v) is 10.6. The second-order valence-corrected chi connectivity index (χ2v) is 4.93. The van der Waals surface area contributed by atoms with Crippen LogP contribution in [0.3, 0.4) is 0 Å². The molecule has 0 aromatic carbocycles. The molecule has 1 aliphatic rings. The van der Waals surface area contributed by atoms with Crippen LogP contribution in [-0.2, 0) is 16.1 Å². The topological polar surface area (TPSA) is 64.4 Å². The van der Waals surface area contributed by atoms with Gasteiger partial charge >= 0.3 is 0 Å². The molecule has 2 heterocycles. The van der Waals surface area contributed by atoms with Crippen molar-refractivity contribution in [1.29, 1.82) is 0 Å². The molecular weight excluding hydrogens is 234 g/mol. The number of nitrogens with zero attached hydrogens (tertiary/aromatic N) is 3. The first kappa shape index (κ1) is 12.8. The summed E-state index contributed by atoms with van der Waals surface area (Å²) in [4.78, 5) is 24.2. The average Bonchev–Trinajstić information content (AvgIpc) is 2.30. The molecule has 1 saturated heterocycles. The first-order chi connectivity index (χ1) is 8.52. The normalized spacial score (nSPS) is 18.7. The van der Waals surface area contributed by atoms with Gasteiger partial charge in [-0.05, 0) is 13.8 Å². The Kier molecular flexibility index (Phi) is 3.47. The van der Waals surface area contributed by atoms with Crippen molar-refractivity contribution in [2.45, 2.75) is 26.0 Å². The van der Waals surface area contributed by atoms with Gasteiger partial charge in [0.25, 0.3) is 5.56 Å². The van der Waals surface area contributed by atoms with Gasteiger partial charge in [-0.2, -0.15) is 5.10 Å². The van der Waals surface area contributed by atoms with Crippen LogP contribution in [0.15, 0.2) is 17.1 Å². The number of ether oxygens (including phenoxy) is 1. The van der Waals surface area contributed by atoms with Crippen LogP contribution in [0, 0.1) is 0 Å². The van der Waals surface area contributed by atoms with E-state index < -0.39 is 0 Å². The Morgan fingerprint density at radius 1 is 1.56 bits per heavy atom. The highest BCUT2D eigenvalue weighted by Gasteiger charge is 2.27. The predicted molar refractivity (Wildman–Crippen MR) is 66.8 cm³/mol. The fraction of sp³-hybridized carbons (Fsp3) is 0.583. The standard InChI is InChI=1S/C12H17N3O3/c1-12(2)9-14(4-6-18-12)10-7-11(17)15(3-5-16)13-8-10/h5,7-8H,3-4,6,9H2,1-2H3. The van der Waals surface area contributed by atoms with Crippen LogP contribution in [0.25, 0.3) is 0 Å². The highest BCUT2D eigenvalue weighted by Crippen LogP contribution is 2.21. The number of hydrogen-bond donors (Lipinski definition) is 0. The first-order valence-electron chi connectivity index (χ1n) is 5.91. The van der Waals surface area contributed by atoms with E-state index in [-0.39, 0.29) is 17.7 Å². The average molecular weight is 251 g/mol. The van der Waals surface area contributed by atoms with Crippen molar-refractivity contribution in [3.05, 3.63) is 22.6 Å². The molecule has 1 fully saturated rings.